The van der Waals surface area contributed by atoms with Crippen molar-refractivity contribution in [2.75, 3.05) is 19.6 Å². The van der Waals surface area contributed by atoms with Crippen LogP contribution < -0.4 is 5.32 Å². The third-order valence-electron chi connectivity index (χ3n) is 4.04. The molecule has 0 aromatic rings. The minimum Gasteiger partial charge on any atom is -0.481 e. The van der Waals surface area contributed by atoms with Crippen molar-refractivity contribution < 1.29 is 14.7 Å². The predicted molar refractivity (Wildman–Crippen MR) is 77.2 cm³/mol. The van der Waals surface area contributed by atoms with Gasteiger partial charge in [-0.25, -0.2) is 4.79 Å². The van der Waals surface area contributed by atoms with Gasteiger partial charge in [0.1, 0.15) is 0 Å². The van der Waals surface area contributed by atoms with E-state index in [-0.39, 0.29) is 19.1 Å². The molecule has 20 heavy (non-hydrogen) atoms. The Kier molecular flexibility index (Phi) is 6.37. The van der Waals surface area contributed by atoms with Gasteiger partial charge in [0.25, 0.3) is 0 Å². The second-order valence-corrected chi connectivity index (χ2v) is 5.38. The summed E-state index contributed by atoms with van der Waals surface area (Å²) in [6.07, 6.45) is 10.4. The van der Waals surface area contributed by atoms with Gasteiger partial charge >= 0.3 is 12.0 Å². The molecular weight excluding hydrogens is 256 g/mol. The highest BCUT2D eigenvalue weighted by Gasteiger charge is 2.39. The molecule has 112 valence electrons. The highest BCUT2D eigenvalue weighted by Crippen LogP contribution is 2.34. The Morgan fingerprint density at radius 1 is 1.30 bits per heavy atom. The molecule has 0 heterocycles. The van der Waals surface area contributed by atoms with Crippen LogP contribution in [0, 0.1) is 17.8 Å². The molecule has 0 radical (unpaired) electrons. The third-order valence-corrected chi connectivity index (χ3v) is 4.04. The number of carbonyl (C=O) groups excluding carboxylic acids is 1. The summed E-state index contributed by atoms with van der Waals surface area (Å²) in [7, 11) is 0. The van der Waals surface area contributed by atoms with Crippen molar-refractivity contribution in [1.82, 2.24) is 10.2 Å². The monoisotopic (exact) mass is 280 g/mol. The maximum Gasteiger partial charge on any atom is 0.318 e. The quantitative estimate of drug-likeness (QED) is 0.598. The lowest BCUT2D eigenvalue weighted by Gasteiger charge is -2.29. The molecule has 2 amide bonds. The number of urea groups is 1. The number of terminal acetylenes is 1. The number of carboxylic acid groups (broad SMARTS) is 1. The number of aliphatic carboxylic acids is 1. The fourth-order valence-electron chi connectivity index (χ4n) is 2.67. The van der Waals surface area contributed by atoms with Gasteiger partial charge in [-0.3, -0.25) is 4.79 Å². The Morgan fingerprint density at radius 3 is 2.35 bits per heavy atom. The number of rotatable bonds is 5. The largest absolute Gasteiger partial charge is 0.481 e. The summed E-state index contributed by atoms with van der Waals surface area (Å²) >= 11 is 0. The van der Waals surface area contributed by atoms with E-state index in [0.29, 0.717) is 19.4 Å². The van der Waals surface area contributed by atoms with Crippen LogP contribution in [0.15, 0.2) is 0 Å². The molecule has 0 aromatic carbocycles. The first kappa shape index (κ1) is 16.4. The van der Waals surface area contributed by atoms with E-state index in [9.17, 15) is 14.7 Å². The van der Waals surface area contributed by atoms with E-state index in [1.54, 1.807) is 0 Å². The Balaban J connectivity index is 2.65. The zero-order valence-corrected chi connectivity index (χ0v) is 12.2. The first-order valence-corrected chi connectivity index (χ1v) is 7.25. The van der Waals surface area contributed by atoms with E-state index in [0.717, 1.165) is 25.7 Å². The van der Waals surface area contributed by atoms with E-state index < -0.39 is 11.4 Å². The van der Waals surface area contributed by atoms with Crippen molar-refractivity contribution in [2.24, 2.45) is 5.41 Å². The van der Waals surface area contributed by atoms with Gasteiger partial charge in [-0.1, -0.05) is 31.6 Å². The molecule has 1 saturated carbocycles. The second-order valence-electron chi connectivity index (χ2n) is 5.38. The van der Waals surface area contributed by atoms with Crippen LogP contribution in [0.2, 0.25) is 0 Å². The van der Waals surface area contributed by atoms with Crippen LogP contribution in [0.1, 0.15) is 45.4 Å². The van der Waals surface area contributed by atoms with Crippen LogP contribution in [-0.4, -0.2) is 41.6 Å². The van der Waals surface area contributed by atoms with Crippen LogP contribution >= 0.6 is 0 Å². The van der Waals surface area contributed by atoms with Crippen LogP contribution in [-0.2, 0) is 4.79 Å². The first-order chi connectivity index (χ1) is 9.55. The lowest BCUT2D eigenvalue weighted by Crippen LogP contribution is -2.47. The molecule has 5 heteroatoms. The molecule has 0 unspecified atom stereocenters. The zero-order chi connectivity index (χ0) is 15.0. The summed E-state index contributed by atoms with van der Waals surface area (Å²) in [5.74, 6) is 1.62. The van der Waals surface area contributed by atoms with Gasteiger partial charge in [-0.05, 0) is 19.8 Å². The summed E-state index contributed by atoms with van der Waals surface area (Å²) in [5, 5.41) is 12.3. The van der Waals surface area contributed by atoms with Crippen molar-refractivity contribution >= 4 is 12.0 Å². The second kappa shape index (κ2) is 7.78. The van der Waals surface area contributed by atoms with Crippen LogP contribution in [0.25, 0.3) is 0 Å². The molecular formula is C15H24N2O3. The van der Waals surface area contributed by atoms with Crippen molar-refractivity contribution in [2.45, 2.75) is 45.4 Å². The van der Waals surface area contributed by atoms with Crippen LogP contribution in [0.4, 0.5) is 4.79 Å². The van der Waals surface area contributed by atoms with Gasteiger partial charge < -0.3 is 15.3 Å². The minimum absolute atomic E-state index is 0.183. The summed E-state index contributed by atoms with van der Waals surface area (Å²) in [4.78, 5) is 25.1. The van der Waals surface area contributed by atoms with Crippen LogP contribution in [0.3, 0.4) is 0 Å². The Hall–Kier alpha value is -1.70. The lowest BCUT2D eigenvalue weighted by atomic mass is 9.80. The summed E-state index contributed by atoms with van der Waals surface area (Å²) in [6, 6.07) is -0.282. The minimum atomic E-state index is -0.818. The Labute approximate surface area is 120 Å². The molecule has 5 nitrogen and oxygen atoms in total. The summed E-state index contributed by atoms with van der Waals surface area (Å²) in [6.45, 7) is 2.77. The third kappa shape index (κ3) is 4.16. The Bertz CT molecular complexity index is 379. The fourth-order valence-corrected chi connectivity index (χ4v) is 2.67. The molecule has 0 atom stereocenters. The number of nitrogens with zero attached hydrogens (tertiary/aromatic N) is 1. The number of carboxylic acids is 1. The molecule has 0 aliphatic heterocycles. The first-order valence-electron chi connectivity index (χ1n) is 7.25. The van der Waals surface area contributed by atoms with Gasteiger partial charge in [-0.15, -0.1) is 6.42 Å². The standard InChI is InChI=1S/C15H24N2O3/c1-3-11-17(4-2)14(20)16-12-15(13(18)19)9-7-5-6-8-10-15/h1H,4-12H2,2H3,(H,16,20)(H,18,19). The summed E-state index contributed by atoms with van der Waals surface area (Å²) < 4.78 is 0. The topological polar surface area (TPSA) is 69.6 Å². The number of hydrogen-bond acceptors (Lipinski definition) is 2. The molecule has 1 fully saturated rings. The van der Waals surface area contributed by atoms with Crippen LogP contribution in [0.5, 0.6) is 0 Å². The molecule has 1 aliphatic carbocycles. The molecule has 1 aliphatic rings. The number of amides is 2. The normalized spacial score (nSPS) is 17.6. The van der Waals surface area contributed by atoms with Gasteiger partial charge in [0.15, 0.2) is 0 Å². The smallest absolute Gasteiger partial charge is 0.318 e. The molecule has 0 spiro atoms. The predicted octanol–water partition coefficient (Wildman–Crippen LogP) is 2.08. The average molecular weight is 280 g/mol. The molecule has 0 bridgehead atoms. The van der Waals surface area contributed by atoms with E-state index >= 15 is 0 Å². The number of nitrogens with one attached hydrogen (secondary N) is 1. The zero-order valence-electron chi connectivity index (χ0n) is 12.2. The van der Waals surface area contributed by atoms with Gasteiger partial charge in [-0.2, -0.15) is 0 Å². The highest BCUT2D eigenvalue weighted by molar-refractivity contribution is 5.78. The maximum atomic E-state index is 12.0. The van der Waals surface area contributed by atoms with E-state index in [1.165, 1.54) is 4.90 Å². The average Bonchev–Trinajstić information content (AvgIpc) is 2.68. The maximum absolute atomic E-state index is 12.0. The highest BCUT2D eigenvalue weighted by atomic mass is 16.4. The van der Waals surface area contributed by atoms with E-state index in [4.69, 9.17) is 6.42 Å². The van der Waals surface area contributed by atoms with E-state index in [1.807, 2.05) is 6.92 Å². The fraction of sp³-hybridized carbons (Fsp3) is 0.733. The lowest BCUT2D eigenvalue weighted by molar-refractivity contribution is -0.149. The van der Waals surface area contributed by atoms with Gasteiger partial charge in [0.05, 0.1) is 12.0 Å². The van der Waals surface area contributed by atoms with Crippen molar-refractivity contribution in [1.29, 1.82) is 0 Å². The molecule has 1 rings (SSSR count). The summed E-state index contributed by atoms with van der Waals surface area (Å²) in [5.41, 5.74) is -0.818. The van der Waals surface area contributed by atoms with Crippen molar-refractivity contribution in [3.8, 4) is 12.3 Å². The SMILES string of the molecule is C#CCN(CC)C(=O)NCC1(C(=O)O)CCCCCC1. The van der Waals surface area contributed by atoms with E-state index in [2.05, 4.69) is 11.2 Å². The molecule has 0 aromatic heterocycles. The van der Waals surface area contributed by atoms with Crippen molar-refractivity contribution in [3.63, 3.8) is 0 Å². The molecule has 2 N–H and O–H groups in total. The Morgan fingerprint density at radius 2 is 1.90 bits per heavy atom. The molecule has 0 saturated heterocycles. The number of hydrogen-bond donors (Lipinski definition) is 2. The van der Waals surface area contributed by atoms with Gasteiger partial charge in [0.2, 0.25) is 0 Å². The number of carbonyl (C=O) groups is 2. The van der Waals surface area contributed by atoms with Crippen molar-refractivity contribution in [3.05, 3.63) is 0 Å². The van der Waals surface area contributed by atoms with Gasteiger partial charge in [0, 0.05) is 13.1 Å².